The summed E-state index contributed by atoms with van der Waals surface area (Å²) in [7, 11) is 0. The van der Waals surface area contributed by atoms with E-state index in [2.05, 4.69) is 58.4 Å². The molecule has 0 bridgehead atoms. The molecule has 24 heavy (non-hydrogen) atoms. The van der Waals surface area contributed by atoms with Crippen molar-refractivity contribution in [1.29, 1.82) is 0 Å². The van der Waals surface area contributed by atoms with Crippen LogP contribution in [0.25, 0.3) is 0 Å². The fraction of sp³-hybridized carbons (Fsp3) is 0.556. The molecule has 1 aliphatic rings. The number of nitrogens with zero attached hydrogens (tertiary/aromatic N) is 3. The minimum absolute atomic E-state index is 0.501. The molecule has 1 fully saturated rings. The minimum Gasteiger partial charge on any atom is -0.381 e. The molecule has 1 aliphatic heterocycles. The molecule has 0 radical (unpaired) electrons. The molecule has 0 aliphatic carbocycles. The molecule has 0 aromatic carbocycles. The van der Waals surface area contributed by atoms with E-state index < -0.39 is 0 Å². The summed E-state index contributed by atoms with van der Waals surface area (Å²) in [6.45, 7) is 10.4. The number of rotatable bonds is 6. The van der Waals surface area contributed by atoms with Crippen LogP contribution in [-0.4, -0.2) is 40.5 Å². The first-order chi connectivity index (χ1) is 11.6. The van der Waals surface area contributed by atoms with Gasteiger partial charge < -0.3 is 10.6 Å². The standard InChI is InChI=1S/C18H27N5S/c1-4-19-18-20-10-17(24-18)12-23-7-5-6-15(11-23)22-16-8-13(2)21-14(3)9-16/h8-10,15H,4-7,11-12H2,1-3H3,(H,19,20)(H,21,22). The fourth-order valence-electron chi connectivity index (χ4n) is 3.30. The Kier molecular flexibility index (Phi) is 5.68. The third-order valence-electron chi connectivity index (χ3n) is 4.22. The summed E-state index contributed by atoms with van der Waals surface area (Å²) < 4.78 is 0. The van der Waals surface area contributed by atoms with Gasteiger partial charge in [0.1, 0.15) is 0 Å². The Labute approximate surface area is 148 Å². The average Bonchev–Trinajstić information content (AvgIpc) is 2.94. The number of hydrogen-bond acceptors (Lipinski definition) is 6. The van der Waals surface area contributed by atoms with Crippen LogP contribution < -0.4 is 10.6 Å². The Balaban J connectivity index is 1.57. The summed E-state index contributed by atoms with van der Waals surface area (Å²) in [5.74, 6) is 0. The zero-order chi connectivity index (χ0) is 16.9. The van der Waals surface area contributed by atoms with Gasteiger partial charge in [-0.15, -0.1) is 11.3 Å². The number of thiazole rings is 1. The zero-order valence-corrected chi connectivity index (χ0v) is 15.6. The average molecular weight is 346 g/mol. The molecule has 1 atom stereocenters. The van der Waals surface area contributed by atoms with Gasteiger partial charge in [-0.25, -0.2) is 4.98 Å². The van der Waals surface area contributed by atoms with Gasteiger partial charge in [-0.3, -0.25) is 9.88 Å². The predicted molar refractivity (Wildman–Crippen MR) is 102 cm³/mol. The molecule has 2 aromatic heterocycles. The van der Waals surface area contributed by atoms with Crippen molar-refractivity contribution in [3.8, 4) is 0 Å². The number of aromatic nitrogens is 2. The summed E-state index contributed by atoms with van der Waals surface area (Å²) in [5.41, 5.74) is 3.34. The summed E-state index contributed by atoms with van der Waals surface area (Å²) >= 11 is 1.77. The molecule has 2 aromatic rings. The molecule has 1 saturated heterocycles. The molecule has 0 saturated carbocycles. The summed E-state index contributed by atoms with van der Waals surface area (Å²) in [4.78, 5) is 12.8. The zero-order valence-electron chi connectivity index (χ0n) is 14.8. The number of likely N-dealkylation sites (tertiary alicyclic amines) is 1. The predicted octanol–water partition coefficient (Wildman–Crippen LogP) is 3.66. The van der Waals surface area contributed by atoms with E-state index in [0.717, 1.165) is 36.2 Å². The maximum Gasteiger partial charge on any atom is 0.182 e. The number of hydrogen-bond donors (Lipinski definition) is 2. The van der Waals surface area contributed by atoms with E-state index in [4.69, 9.17) is 0 Å². The van der Waals surface area contributed by atoms with Crippen molar-refractivity contribution >= 4 is 22.2 Å². The van der Waals surface area contributed by atoms with Gasteiger partial charge in [0.05, 0.1) is 0 Å². The van der Waals surface area contributed by atoms with E-state index in [-0.39, 0.29) is 0 Å². The Morgan fingerprint density at radius 3 is 2.83 bits per heavy atom. The van der Waals surface area contributed by atoms with Gasteiger partial charge in [0.15, 0.2) is 5.13 Å². The van der Waals surface area contributed by atoms with Crippen molar-refractivity contribution in [2.45, 2.75) is 46.2 Å². The maximum atomic E-state index is 4.45. The molecule has 0 spiro atoms. The van der Waals surface area contributed by atoms with Crippen molar-refractivity contribution in [3.05, 3.63) is 34.6 Å². The number of aryl methyl sites for hydroxylation is 2. The highest BCUT2D eigenvalue weighted by Crippen LogP contribution is 2.23. The first kappa shape index (κ1) is 17.2. The van der Waals surface area contributed by atoms with Crippen LogP contribution in [0.2, 0.25) is 0 Å². The fourth-order valence-corrected chi connectivity index (χ4v) is 4.23. The van der Waals surface area contributed by atoms with Crippen LogP contribution in [0.15, 0.2) is 18.3 Å². The lowest BCUT2D eigenvalue weighted by Crippen LogP contribution is -2.41. The van der Waals surface area contributed by atoms with Crippen LogP contribution in [0, 0.1) is 13.8 Å². The van der Waals surface area contributed by atoms with E-state index in [1.54, 1.807) is 11.3 Å². The van der Waals surface area contributed by atoms with Crippen LogP contribution >= 0.6 is 11.3 Å². The van der Waals surface area contributed by atoms with Gasteiger partial charge in [0, 0.05) is 53.8 Å². The second kappa shape index (κ2) is 7.94. The summed E-state index contributed by atoms with van der Waals surface area (Å²) in [6, 6.07) is 4.77. The molecule has 130 valence electrons. The monoisotopic (exact) mass is 345 g/mol. The highest BCUT2D eigenvalue weighted by Gasteiger charge is 2.20. The second-order valence-electron chi connectivity index (χ2n) is 6.52. The largest absolute Gasteiger partial charge is 0.381 e. The van der Waals surface area contributed by atoms with Crippen molar-refractivity contribution in [2.24, 2.45) is 0 Å². The Morgan fingerprint density at radius 2 is 2.08 bits per heavy atom. The van der Waals surface area contributed by atoms with Crippen LogP contribution in [0.5, 0.6) is 0 Å². The smallest absolute Gasteiger partial charge is 0.182 e. The Morgan fingerprint density at radius 1 is 1.29 bits per heavy atom. The molecule has 1 unspecified atom stereocenters. The number of pyridine rings is 1. The number of anilines is 2. The van der Waals surface area contributed by atoms with Crippen LogP contribution in [0.3, 0.4) is 0 Å². The SMILES string of the molecule is CCNc1ncc(CN2CCCC(Nc3cc(C)nc(C)c3)C2)s1. The van der Waals surface area contributed by atoms with Crippen molar-refractivity contribution in [3.63, 3.8) is 0 Å². The third-order valence-corrected chi connectivity index (χ3v) is 5.16. The van der Waals surface area contributed by atoms with E-state index >= 15 is 0 Å². The maximum absolute atomic E-state index is 4.45. The normalized spacial score (nSPS) is 18.5. The number of piperidine rings is 1. The van der Waals surface area contributed by atoms with Crippen LogP contribution in [0.1, 0.15) is 36.0 Å². The summed E-state index contributed by atoms with van der Waals surface area (Å²) in [6.07, 6.45) is 4.47. The highest BCUT2D eigenvalue weighted by atomic mass is 32.1. The topological polar surface area (TPSA) is 53.1 Å². The van der Waals surface area contributed by atoms with Gasteiger partial charge in [0.25, 0.3) is 0 Å². The molecule has 3 rings (SSSR count). The molecule has 5 nitrogen and oxygen atoms in total. The Hall–Kier alpha value is -1.66. The molecule has 2 N–H and O–H groups in total. The van der Waals surface area contributed by atoms with E-state index in [0.29, 0.717) is 6.04 Å². The first-order valence-corrected chi connectivity index (χ1v) is 9.57. The first-order valence-electron chi connectivity index (χ1n) is 8.75. The molecule has 0 amide bonds. The van der Waals surface area contributed by atoms with Gasteiger partial charge in [-0.1, -0.05) is 0 Å². The molecular formula is C18H27N5S. The molecular weight excluding hydrogens is 318 g/mol. The lowest BCUT2D eigenvalue weighted by molar-refractivity contribution is 0.210. The summed E-state index contributed by atoms with van der Waals surface area (Å²) in [5, 5.41) is 8.01. The van der Waals surface area contributed by atoms with Crippen molar-refractivity contribution in [2.75, 3.05) is 30.3 Å². The van der Waals surface area contributed by atoms with Gasteiger partial charge >= 0.3 is 0 Å². The van der Waals surface area contributed by atoms with Crippen LogP contribution in [-0.2, 0) is 6.54 Å². The third kappa shape index (κ3) is 4.68. The number of nitrogens with one attached hydrogen (secondary N) is 2. The van der Waals surface area contributed by atoms with Gasteiger partial charge in [-0.05, 0) is 52.3 Å². The van der Waals surface area contributed by atoms with Crippen molar-refractivity contribution in [1.82, 2.24) is 14.9 Å². The minimum atomic E-state index is 0.501. The lowest BCUT2D eigenvalue weighted by Gasteiger charge is -2.33. The molecule has 6 heteroatoms. The van der Waals surface area contributed by atoms with Gasteiger partial charge in [0.2, 0.25) is 0 Å². The van der Waals surface area contributed by atoms with E-state index in [1.165, 1.54) is 30.0 Å². The lowest BCUT2D eigenvalue weighted by atomic mass is 10.1. The molecule has 3 heterocycles. The van der Waals surface area contributed by atoms with E-state index in [1.807, 2.05) is 6.20 Å². The Bertz CT molecular complexity index is 649. The van der Waals surface area contributed by atoms with Gasteiger partial charge in [-0.2, -0.15) is 0 Å². The van der Waals surface area contributed by atoms with Crippen LogP contribution in [0.4, 0.5) is 10.8 Å². The van der Waals surface area contributed by atoms with E-state index in [9.17, 15) is 0 Å². The quantitative estimate of drug-likeness (QED) is 0.837. The second-order valence-corrected chi connectivity index (χ2v) is 7.63. The van der Waals surface area contributed by atoms with Crippen molar-refractivity contribution < 1.29 is 0 Å². The highest BCUT2D eigenvalue weighted by molar-refractivity contribution is 7.15.